The van der Waals surface area contributed by atoms with E-state index in [1.54, 1.807) is 23.1 Å². The number of ether oxygens (including phenoxy) is 1. The van der Waals surface area contributed by atoms with Crippen LogP contribution >= 0.6 is 11.3 Å². The summed E-state index contributed by atoms with van der Waals surface area (Å²) in [5.74, 6) is -0.263. The van der Waals surface area contributed by atoms with Crippen LogP contribution < -0.4 is 15.4 Å². The highest BCUT2D eigenvalue weighted by Crippen LogP contribution is 2.26. The summed E-state index contributed by atoms with van der Waals surface area (Å²) in [4.78, 5) is 45.3. The van der Waals surface area contributed by atoms with Gasteiger partial charge in [0.15, 0.2) is 4.96 Å². The molecule has 2 aliphatic heterocycles. The molecule has 0 radical (unpaired) electrons. The smallest absolute Gasteiger partial charge is 0.250 e. The van der Waals surface area contributed by atoms with Crippen molar-refractivity contribution in [1.29, 1.82) is 0 Å². The van der Waals surface area contributed by atoms with Crippen molar-refractivity contribution in [2.75, 3.05) is 18.5 Å². The van der Waals surface area contributed by atoms with Gasteiger partial charge in [-0.15, -0.1) is 11.3 Å². The molecule has 2 N–H and O–H groups in total. The summed E-state index contributed by atoms with van der Waals surface area (Å²) in [6.45, 7) is 0.540. The summed E-state index contributed by atoms with van der Waals surface area (Å²) in [5.41, 5.74) is 1.25. The Hall–Kier alpha value is -3.40. The maximum atomic E-state index is 13.0. The number of nitrogens with zero attached hydrogens (tertiary/aromatic N) is 3. The highest BCUT2D eigenvalue weighted by Gasteiger charge is 2.36. The topological polar surface area (TPSA) is 105 Å². The Balaban J connectivity index is 1.23. The van der Waals surface area contributed by atoms with E-state index in [0.29, 0.717) is 30.1 Å². The largest absolute Gasteiger partial charge is 0.489 e. The molecule has 2 unspecified atom stereocenters. The Bertz CT molecular complexity index is 1130. The molecule has 1 aromatic carbocycles. The Morgan fingerprint density at radius 1 is 1.32 bits per heavy atom. The van der Waals surface area contributed by atoms with Crippen LogP contribution in [0.15, 0.2) is 42.0 Å². The van der Waals surface area contributed by atoms with Gasteiger partial charge in [-0.3, -0.25) is 18.8 Å². The monoisotopic (exact) mass is 439 g/mol. The lowest BCUT2D eigenvalue weighted by molar-refractivity contribution is -0.139. The lowest BCUT2D eigenvalue weighted by Crippen LogP contribution is -2.53. The minimum absolute atomic E-state index is 0.0284. The fourth-order valence-electron chi connectivity index (χ4n) is 4.00. The fourth-order valence-corrected chi connectivity index (χ4v) is 4.71. The lowest BCUT2D eigenvalue weighted by Gasteiger charge is -2.25. The summed E-state index contributed by atoms with van der Waals surface area (Å²) < 4.78 is 7.56. The second-order valence-electron chi connectivity index (χ2n) is 7.60. The quantitative estimate of drug-likeness (QED) is 0.640. The van der Waals surface area contributed by atoms with Gasteiger partial charge in [-0.05, 0) is 25.0 Å². The van der Waals surface area contributed by atoms with E-state index in [9.17, 15) is 14.4 Å². The molecule has 1 fully saturated rings. The van der Waals surface area contributed by atoms with Crippen LogP contribution in [0.5, 0.6) is 5.75 Å². The van der Waals surface area contributed by atoms with Crippen molar-refractivity contribution < 1.29 is 19.1 Å². The van der Waals surface area contributed by atoms with E-state index in [0.717, 1.165) is 11.4 Å². The Morgan fingerprint density at radius 2 is 2.19 bits per heavy atom. The number of anilines is 1. The second kappa shape index (κ2) is 8.03. The highest BCUT2D eigenvalue weighted by atomic mass is 32.1. The third kappa shape index (κ3) is 3.86. The van der Waals surface area contributed by atoms with Gasteiger partial charge >= 0.3 is 0 Å². The molecule has 31 heavy (non-hydrogen) atoms. The minimum Gasteiger partial charge on any atom is -0.489 e. The third-order valence-electron chi connectivity index (χ3n) is 5.53. The molecule has 3 aromatic rings. The average molecular weight is 439 g/mol. The normalized spacial score (nSPS) is 20.6. The van der Waals surface area contributed by atoms with E-state index < -0.39 is 12.1 Å². The van der Waals surface area contributed by atoms with E-state index >= 15 is 0 Å². The number of carbonyl (C=O) groups is 3. The Morgan fingerprint density at radius 3 is 3.06 bits per heavy atom. The van der Waals surface area contributed by atoms with Crippen molar-refractivity contribution in [2.45, 2.75) is 31.3 Å². The average Bonchev–Trinajstić information content (AvgIpc) is 3.46. The van der Waals surface area contributed by atoms with Crippen LogP contribution in [-0.4, -0.2) is 57.2 Å². The molecule has 4 heterocycles. The molecule has 5 rings (SSSR count). The standard InChI is InChI=1S/C21H21N5O4S/c27-18(10-13-11-25-8-9-31-21(25)22-13)26-7-3-5-16(26)20(29)24-15-12-30-17-6-2-1-4-14(17)23-19(15)28/h1-2,4,6,8-9,11,15-16H,3,5,7,10,12H2,(H,23,28)(H,24,29). The first-order valence-electron chi connectivity index (χ1n) is 10.1. The van der Waals surface area contributed by atoms with Crippen LogP contribution in [0.4, 0.5) is 5.69 Å². The summed E-state index contributed by atoms with van der Waals surface area (Å²) in [6.07, 6.45) is 5.16. The molecule has 160 valence electrons. The van der Waals surface area contributed by atoms with E-state index in [4.69, 9.17) is 4.74 Å². The number of likely N-dealkylation sites (tertiary alicyclic amines) is 1. The van der Waals surface area contributed by atoms with Crippen LogP contribution in [0.2, 0.25) is 0 Å². The zero-order valence-corrected chi connectivity index (χ0v) is 17.4. The minimum atomic E-state index is -0.836. The van der Waals surface area contributed by atoms with Gasteiger partial charge in [-0.2, -0.15) is 0 Å². The molecule has 2 aliphatic rings. The summed E-state index contributed by atoms with van der Waals surface area (Å²) >= 11 is 1.50. The Kier molecular flexibility index (Phi) is 5.06. The summed E-state index contributed by atoms with van der Waals surface area (Å²) in [7, 11) is 0. The Labute approximate surface area is 182 Å². The number of imidazole rings is 1. The number of para-hydroxylation sites is 2. The first kappa shape index (κ1) is 19.6. The molecule has 0 bridgehead atoms. The van der Waals surface area contributed by atoms with Crippen molar-refractivity contribution >= 4 is 39.7 Å². The molecular formula is C21H21N5O4S. The van der Waals surface area contributed by atoms with E-state index in [1.807, 2.05) is 28.2 Å². The van der Waals surface area contributed by atoms with Crippen LogP contribution in [-0.2, 0) is 20.8 Å². The number of rotatable bonds is 4. The number of hydrogen-bond acceptors (Lipinski definition) is 6. The van der Waals surface area contributed by atoms with Gasteiger partial charge in [-0.25, -0.2) is 4.98 Å². The van der Waals surface area contributed by atoms with Crippen molar-refractivity contribution in [3.8, 4) is 5.75 Å². The first-order chi connectivity index (χ1) is 15.1. The molecule has 0 saturated carbocycles. The van der Waals surface area contributed by atoms with Gasteiger partial charge in [0.1, 0.15) is 24.4 Å². The van der Waals surface area contributed by atoms with Crippen molar-refractivity contribution in [3.63, 3.8) is 0 Å². The maximum absolute atomic E-state index is 13.0. The van der Waals surface area contributed by atoms with Crippen molar-refractivity contribution in [3.05, 3.63) is 47.7 Å². The van der Waals surface area contributed by atoms with Crippen LogP contribution in [0.3, 0.4) is 0 Å². The second-order valence-corrected chi connectivity index (χ2v) is 8.48. The van der Waals surface area contributed by atoms with Gasteiger partial charge in [0.25, 0.3) is 5.91 Å². The van der Waals surface area contributed by atoms with E-state index in [2.05, 4.69) is 15.6 Å². The fraction of sp³-hybridized carbons (Fsp3) is 0.333. The number of benzene rings is 1. The number of fused-ring (bicyclic) bond motifs is 2. The number of hydrogen-bond donors (Lipinski definition) is 2. The van der Waals surface area contributed by atoms with Crippen LogP contribution in [0, 0.1) is 0 Å². The van der Waals surface area contributed by atoms with Gasteiger partial charge in [-0.1, -0.05) is 12.1 Å². The molecular weight excluding hydrogens is 418 g/mol. The number of thiazole rings is 1. The van der Waals surface area contributed by atoms with Crippen LogP contribution in [0.25, 0.3) is 4.96 Å². The zero-order chi connectivity index (χ0) is 21.4. The number of aromatic nitrogens is 2. The molecule has 3 amide bonds. The molecule has 0 spiro atoms. The number of nitrogens with one attached hydrogen (secondary N) is 2. The summed E-state index contributed by atoms with van der Waals surface area (Å²) in [6, 6.07) is 5.68. The molecule has 2 aromatic heterocycles. The summed E-state index contributed by atoms with van der Waals surface area (Å²) in [5, 5.41) is 7.47. The highest BCUT2D eigenvalue weighted by molar-refractivity contribution is 7.15. The SMILES string of the molecule is O=C1Nc2ccccc2OCC1NC(=O)C1CCCN1C(=O)Cc1cn2ccsc2n1. The van der Waals surface area contributed by atoms with Gasteiger partial charge in [0, 0.05) is 24.3 Å². The third-order valence-corrected chi connectivity index (χ3v) is 6.31. The molecule has 9 nitrogen and oxygen atoms in total. The predicted molar refractivity (Wildman–Crippen MR) is 114 cm³/mol. The number of carbonyl (C=O) groups excluding carboxylic acids is 3. The van der Waals surface area contributed by atoms with Gasteiger partial charge in [0.2, 0.25) is 11.8 Å². The zero-order valence-electron chi connectivity index (χ0n) is 16.6. The van der Waals surface area contributed by atoms with Crippen molar-refractivity contribution in [1.82, 2.24) is 19.6 Å². The first-order valence-corrected chi connectivity index (χ1v) is 11.0. The maximum Gasteiger partial charge on any atom is 0.250 e. The molecule has 1 saturated heterocycles. The van der Waals surface area contributed by atoms with Crippen molar-refractivity contribution in [2.24, 2.45) is 0 Å². The van der Waals surface area contributed by atoms with E-state index in [1.165, 1.54) is 11.3 Å². The lowest BCUT2D eigenvalue weighted by atomic mass is 10.1. The molecule has 10 heteroatoms. The van der Waals surface area contributed by atoms with Crippen LogP contribution in [0.1, 0.15) is 18.5 Å². The van der Waals surface area contributed by atoms with Gasteiger partial charge in [0.05, 0.1) is 17.8 Å². The molecule has 2 atom stereocenters. The van der Waals surface area contributed by atoms with Gasteiger partial charge < -0.3 is 20.3 Å². The predicted octanol–water partition coefficient (Wildman–Crippen LogP) is 1.45. The molecule has 0 aliphatic carbocycles. The number of amides is 3. The van der Waals surface area contributed by atoms with E-state index in [-0.39, 0.29) is 30.7 Å².